The van der Waals surface area contributed by atoms with Crippen LogP contribution in [0.3, 0.4) is 0 Å². The van der Waals surface area contributed by atoms with E-state index in [1.165, 1.54) is 24.3 Å². The maximum absolute atomic E-state index is 13.0. The molecule has 0 spiro atoms. The number of carbonyl (C=O) groups is 1. The first kappa shape index (κ1) is 17.9. The third-order valence-electron chi connectivity index (χ3n) is 3.66. The zero-order valence-corrected chi connectivity index (χ0v) is 13.7. The van der Waals surface area contributed by atoms with Crippen molar-refractivity contribution in [3.63, 3.8) is 0 Å². The van der Waals surface area contributed by atoms with Crippen LogP contribution in [0.2, 0.25) is 0 Å². The molecule has 0 saturated carbocycles. The number of nitrogens with one attached hydrogen (secondary N) is 2. The van der Waals surface area contributed by atoms with Gasteiger partial charge in [-0.15, -0.1) is 0 Å². The van der Waals surface area contributed by atoms with Gasteiger partial charge in [0, 0.05) is 12.6 Å². The smallest absolute Gasteiger partial charge is 0.315 e. The first-order valence-electron chi connectivity index (χ1n) is 8.10. The molecule has 0 fully saturated rings. The Labute approximate surface area is 141 Å². The van der Waals surface area contributed by atoms with Crippen molar-refractivity contribution in [2.75, 3.05) is 6.54 Å². The fraction of sp³-hybridized carbons (Fsp3) is 0.316. The second-order valence-electron chi connectivity index (χ2n) is 5.76. The molecule has 2 amide bonds. The molecule has 3 nitrogen and oxygen atoms in total. The summed E-state index contributed by atoms with van der Waals surface area (Å²) in [7, 11) is 0. The minimum Gasteiger partial charge on any atom is -0.338 e. The molecule has 2 rings (SSSR count). The summed E-state index contributed by atoms with van der Waals surface area (Å²) in [6, 6.07) is 12.0. The molecule has 0 aliphatic carbocycles. The van der Waals surface area contributed by atoms with Crippen molar-refractivity contribution < 1.29 is 13.6 Å². The number of rotatable bonds is 7. The number of benzene rings is 2. The van der Waals surface area contributed by atoms with Gasteiger partial charge in [-0.3, -0.25) is 0 Å². The molecule has 5 heteroatoms. The lowest BCUT2D eigenvalue weighted by Gasteiger charge is -2.19. The molecule has 24 heavy (non-hydrogen) atoms. The van der Waals surface area contributed by atoms with Gasteiger partial charge in [0.1, 0.15) is 11.6 Å². The molecular formula is C19H22F2N2O. The molecule has 2 aromatic carbocycles. The molecule has 0 radical (unpaired) electrons. The number of halogens is 2. The number of amides is 2. The van der Waals surface area contributed by atoms with Crippen LogP contribution in [0, 0.1) is 11.6 Å². The summed E-state index contributed by atoms with van der Waals surface area (Å²) in [5.74, 6) is -0.579. The zero-order valence-electron chi connectivity index (χ0n) is 13.7. The van der Waals surface area contributed by atoms with E-state index in [0.29, 0.717) is 19.4 Å². The van der Waals surface area contributed by atoms with Gasteiger partial charge in [-0.25, -0.2) is 13.6 Å². The van der Waals surface area contributed by atoms with Gasteiger partial charge in [0.2, 0.25) is 0 Å². The molecular weight excluding hydrogens is 310 g/mol. The van der Waals surface area contributed by atoms with E-state index in [9.17, 15) is 13.6 Å². The van der Waals surface area contributed by atoms with Gasteiger partial charge in [0.25, 0.3) is 0 Å². The molecule has 0 atom stereocenters. The monoisotopic (exact) mass is 332 g/mol. The quantitative estimate of drug-likeness (QED) is 0.795. The Morgan fingerprint density at radius 3 is 1.79 bits per heavy atom. The van der Waals surface area contributed by atoms with Gasteiger partial charge in [0.15, 0.2) is 0 Å². The van der Waals surface area contributed by atoms with Gasteiger partial charge in [-0.2, -0.15) is 0 Å². The van der Waals surface area contributed by atoms with E-state index in [1.807, 2.05) is 6.92 Å². The van der Waals surface area contributed by atoms with Crippen molar-refractivity contribution in [3.8, 4) is 0 Å². The number of urea groups is 1. The topological polar surface area (TPSA) is 41.1 Å². The SMILES string of the molecule is CCCNC(=O)NC(Cc1ccc(F)cc1)Cc1ccc(F)cc1. The average Bonchev–Trinajstić information content (AvgIpc) is 2.57. The van der Waals surface area contributed by atoms with Crippen LogP contribution in [0.1, 0.15) is 24.5 Å². The fourth-order valence-electron chi connectivity index (χ4n) is 2.46. The average molecular weight is 332 g/mol. The van der Waals surface area contributed by atoms with E-state index >= 15 is 0 Å². The van der Waals surface area contributed by atoms with Crippen LogP contribution in [-0.2, 0) is 12.8 Å². The molecule has 0 bridgehead atoms. The largest absolute Gasteiger partial charge is 0.338 e. The van der Waals surface area contributed by atoms with Crippen LogP contribution in [0.15, 0.2) is 48.5 Å². The van der Waals surface area contributed by atoms with Crippen LogP contribution < -0.4 is 10.6 Å². The highest BCUT2D eigenvalue weighted by Gasteiger charge is 2.14. The highest BCUT2D eigenvalue weighted by molar-refractivity contribution is 5.74. The Morgan fingerprint density at radius 2 is 1.38 bits per heavy atom. The molecule has 0 unspecified atom stereocenters. The normalized spacial score (nSPS) is 10.7. The summed E-state index contributed by atoms with van der Waals surface area (Å²) in [5.41, 5.74) is 1.86. The Morgan fingerprint density at radius 1 is 0.917 bits per heavy atom. The number of carbonyl (C=O) groups excluding carboxylic acids is 1. The first-order valence-corrected chi connectivity index (χ1v) is 8.10. The second kappa shape index (κ2) is 9.01. The Hall–Kier alpha value is -2.43. The van der Waals surface area contributed by atoms with Crippen LogP contribution >= 0.6 is 0 Å². The fourth-order valence-corrected chi connectivity index (χ4v) is 2.46. The van der Waals surface area contributed by atoms with Crippen molar-refractivity contribution in [1.82, 2.24) is 10.6 Å². The van der Waals surface area contributed by atoms with Crippen LogP contribution in [-0.4, -0.2) is 18.6 Å². The standard InChI is InChI=1S/C19H22F2N2O/c1-2-11-22-19(24)23-18(12-14-3-7-16(20)8-4-14)13-15-5-9-17(21)10-6-15/h3-10,18H,2,11-13H2,1H3,(H2,22,23,24). The van der Waals surface area contributed by atoms with Crippen molar-refractivity contribution >= 4 is 6.03 Å². The minimum absolute atomic E-state index is 0.169. The lowest BCUT2D eigenvalue weighted by molar-refractivity contribution is 0.236. The highest BCUT2D eigenvalue weighted by atomic mass is 19.1. The number of hydrogen-bond donors (Lipinski definition) is 2. The van der Waals surface area contributed by atoms with E-state index in [1.54, 1.807) is 24.3 Å². The van der Waals surface area contributed by atoms with E-state index < -0.39 is 0 Å². The molecule has 0 heterocycles. The van der Waals surface area contributed by atoms with Gasteiger partial charge < -0.3 is 10.6 Å². The minimum atomic E-state index is -0.289. The molecule has 0 aromatic heterocycles. The summed E-state index contributed by atoms with van der Waals surface area (Å²) in [6.07, 6.45) is 1.99. The maximum atomic E-state index is 13.0. The highest BCUT2D eigenvalue weighted by Crippen LogP contribution is 2.11. The molecule has 2 N–H and O–H groups in total. The van der Waals surface area contributed by atoms with Gasteiger partial charge in [-0.05, 0) is 54.7 Å². The van der Waals surface area contributed by atoms with Crippen molar-refractivity contribution in [1.29, 1.82) is 0 Å². The summed E-state index contributed by atoms with van der Waals surface area (Å²) in [5, 5.41) is 5.72. The first-order chi connectivity index (χ1) is 11.6. The third-order valence-corrected chi connectivity index (χ3v) is 3.66. The Balaban J connectivity index is 2.06. The van der Waals surface area contributed by atoms with E-state index in [2.05, 4.69) is 10.6 Å². The summed E-state index contributed by atoms with van der Waals surface area (Å²) >= 11 is 0. The van der Waals surface area contributed by atoms with Crippen molar-refractivity contribution in [2.24, 2.45) is 0 Å². The molecule has 128 valence electrons. The molecule has 0 aliphatic heterocycles. The summed E-state index contributed by atoms with van der Waals surface area (Å²) in [4.78, 5) is 12.0. The van der Waals surface area contributed by atoms with E-state index in [-0.39, 0.29) is 23.7 Å². The van der Waals surface area contributed by atoms with Gasteiger partial charge >= 0.3 is 6.03 Å². The van der Waals surface area contributed by atoms with Crippen LogP contribution in [0.25, 0.3) is 0 Å². The van der Waals surface area contributed by atoms with Crippen LogP contribution in [0.4, 0.5) is 13.6 Å². The lowest BCUT2D eigenvalue weighted by atomic mass is 9.99. The maximum Gasteiger partial charge on any atom is 0.315 e. The van der Waals surface area contributed by atoms with Crippen molar-refractivity contribution in [3.05, 3.63) is 71.3 Å². The Bertz CT molecular complexity index is 594. The molecule has 0 aliphatic rings. The van der Waals surface area contributed by atoms with Crippen molar-refractivity contribution in [2.45, 2.75) is 32.2 Å². The summed E-state index contributed by atoms with van der Waals surface area (Å²) in [6.45, 7) is 2.58. The van der Waals surface area contributed by atoms with Crippen LogP contribution in [0.5, 0.6) is 0 Å². The molecule has 0 saturated heterocycles. The second-order valence-corrected chi connectivity index (χ2v) is 5.76. The van der Waals surface area contributed by atoms with E-state index in [4.69, 9.17) is 0 Å². The predicted molar refractivity (Wildman–Crippen MR) is 90.8 cm³/mol. The lowest BCUT2D eigenvalue weighted by Crippen LogP contribution is -2.44. The predicted octanol–water partition coefficient (Wildman–Crippen LogP) is 3.83. The van der Waals surface area contributed by atoms with Gasteiger partial charge in [0.05, 0.1) is 0 Å². The number of hydrogen-bond acceptors (Lipinski definition) is 1. The third kappa shape index (κ3) is 5.99. The zero-order chi connectivity index (χ0) is 17.4. The molecule has 2 aromatic rings. The van der Waals surface area contributed by atoms with E-state index in [0.717, 1.165) is 17.5 Å². The Kier molecular flexibility index (Phi) is 6.73. The van der Waals surface area contributed by atoms with Gasteiger partial charge in [-0.1, -0.05) is 31.2 Å². The summed E-state index contributed by atoms with van der Waals surface area (Å²) < 4.78 is 26.1.